The minimum atomic E-state index is -0.244. The van der Waals surface area contributed by atoms with Crippen LogP contribution in [0, 0.1) is 52.3 Å². The zero-order chi connectivity index (χ0) is 32.5. The highest BCUT2D eigenvalue weighted by Gasteiger charge is 2.62. The quantitative estimate of drug-likeness (QED) is 0.266. The third-order valence-corrected chi connectivity index (χ3v) is 13.5. The van der Waals surface area contributed by atoms with Crippen molar-refractivity contribution in [2.45, 2.75) is 111 Å². The topological polar surface area (TPSA) is 72.8 Å². The molecule has 4 fully saturated rings. The van der Waals surface area contributed by atoms with Crippen LogP contribution in [0.4, 0.5) is 0 Å². The summed E-state index contributed by atoms with van der Waals surface area (Å²) in [6, 6.07) is 18.6. The normalized spacial score (nSPS) is 36.4. The molecule has 0 unspecified atom stereocenters. The van der Waals surface area contributed by atoms with Crippen LogP contribution in [0.1, 0.15) is 119 Å². The average Bonchev–Trinajstić information content (AvgIpc) is 3.34. The molecule has 0 aliphatic heterocycles. The SMILES string of the molecule is C[C@H](CCC[C@@H](C)[C@H]1[C@@H](O)C[C@H]2[C@@H]3CC[C@H]4C[C@H](OC(=O)c5ccccc5)CC[C@]4(C)[C@H]3CC[C@]12C)COC(=O)c1ccccc1. The van der Waals surface area contributed by atoms with Crippen LogP contribution < -0.4 is 0 Å². The third-order valence-electron chi connectivity index (χ3n) is 13.5. The highest BCUT2D eigenvalue weighted by molar-refractivity contribution is 5.89. The summed E-state index contributed by atoms with van der Waals surface area (Å²) in [6.07, 6.45) is 12.0. The van der Waals surface area contributed by atoms with Crippen LogP contribution in [-0.2, 0) is 9.47 Å². The Morgan fingerprint density at radius 3 is 2.15 bits per heavy atom. The van der Waals surface area contributed by atoms with Crippen LogP contribution in [0.15, 0.2) is 60.7 Å². The van der Waals surface area contributed by atoms with Crippen LogP contribution >= 0.6 is 0 Å². The van der Waals surface area contributed by atoms with Gasteiger partial charge in [-0.1, -0.05) is 76.9 Å². The molecule has 0 bridgehead atoms. The molecule has 2 aromatic carbocycles. The Hall–Kier alpha value is -2.66. The van der Waals surface area contributed by atoms with E-state index in [1.807, 2.05) is 48.5 Å². The average molecular weight is 629 g/mol. The molecule has 6 rings (SSSR count). The number of benzene rings is 2. The van der Waals surface area contributed by atoms with Gasteiger partial charge in [0.15, 0.2) is 0 Å². The second-order valence-electron chi connectivity index (χ2n) is 16.2. The van der Waals surface area contributed by atoms with E-state index < -0.39 is 0 Å². The molecule has 4 saturated carbocycles. The highest BCUT2D eigenvalue weighted by Crippen LogP contribution is 2.68. The Balaban J connectivity index is 1.01. The third kappa shape index (κ3) is 6.55. The van der Waals surface area contributed by atoms with Crippen molar-refractivity contribution in [1.82, 2.24) is 0 Å². The molecule has 4 aliphatic carbocycles. The van der Waals surface area contributed by atoms with Crippen molar-refractivity contribution < 1.29 is 24.2 Å². The van der Waals surface area contributed by atoms with Gasteiger partial charge >= 0.3 is 11.9 Å². The lowest BCUT2D eigenvalue weighted by Crippen LogP contribution is -2.54. The van der Waals surface area contributed by atoms with Gasteiger partial charge in [0.1, 0.15) is 6.10 Å². The number of hydrogen-bond acceptors (Lipinski definition) is 5. The van der Waals surface area contributed by atoms with Gasteiger partial charge < -0.3 is 14.6 Å². The van der Waals surface area contributed by atoms with Crippen molar-refractivity contribution >= 4 is 11.9 Å². The highest BCUT2D eigenvalue weighted by atomic mass is 16.5. The summed E-state index contributed by atoms with van der Waals surface area (Å²) in [5.41, 5.74) is 1.75. The summed E-state index contributed by atoms with van der Waals surface area (Å²) in [7, 11) is 0. The van der Waals surface area contributed by atoms with Gasteiger partial charge in [-0.15, -0.1) is 0 Å². The zero-order valence-corrected chi connectivity index (χ0v) is 28.5. The van der Waals surface area contributed by atoms with E-state index in [-0.39, 0.29) is 29.6 Å². The summed E-state index contributed by atoms with van der Waals surface area (Å²) in [6.45, 7) is 10.1. The standard InChI is InChI=1S/C41H56O5/c1-27(26-45-38(43)29-14-7-5-8-15-29)12-11-13-28(2)37-36(42)25-35-33-19-18-31-24-32(46-39(44)30-16-9-6-10-17-30)20-22-40(31,3)34(33)21-23-41(35,37)4/h5-10,14-17,27-28,31-37,42H,11-13,18-26H2,1-4H3/t27-,28-,31+,32-,33-,34+,35+,36+,37+,40+,41+/m1/s1. The molecule has 0 heterocycles. The Morgan fingerprint density at radius 2 is 1.46 bits per heavy atom. The number of aliphatic hydroxyl groups is 1. The fourth-order valence-electron chi connectivity index (χ4n) is 11.1. The number of fused-ring (bicyclic) bond motifs is 5. The van der Waals surface area contributed by atoms with Gasteiger partial charge in [-0.25, -0.2) is 9.59 Å². The van der Waals surface area contributed by atoms with Crippen molar-refractivity contribution in [2.75, 3.05) is 6.61 Å². The molecule has 2 aromatic rings. The van der Waals surface area contributed by atoms with E-state index in [1.165, 1.54) is 25.7 Å². The Morgan fingerprint density at radius 1 is 0.804 bits per heavy atom. The molecule has 0 spiro atoms. The lowest BCUT2D eigenvalue weighted by molar-refractivity contribution is -0.131. The van der Waals surface area contributed by atoms with Gasteiger partial charge in [0.25, 0.3) is 0 Å². The number of carbonyl (C=O) groups is 2. The smallest absolute Gasteiger partial charge is 0.338 e. The van der Waals surface area contributed by atoms with Crippen LogP contribution in [-0.4, -0.2) is 35.9 Å². The van der Waals surface area contributed by atoms with Gasteiger partial charge in [0.2, 0.25) is 0 Å². The second kappa shape index (κ2) is 13.8. The molecule has 0 saturated heterocycles. The maximum absolute atomic E-state index is 12.8. The number of esters is 2. The van der Waals surface area contributed by atoms with Gasteiger partial charge in [-0.2, -0.15) is 0 Å². The summed E-state index contributed by atoms with van der Waals surface area (Å²) < 4.78 is 11.6. The maximum atomic E-state index is 12.8. The summed E-state index contributed by atoms with van der Waals surface area (Å²) in [5.74, 6) is 3.31. The Labute approximate surface area is 276 Å². The van der Waals surface area contributed by atoms with Crippen LogP contribution in [0.3, 0.4) is 0 Å². The van der Waals surface area contributed by atoms with Gasteiger partial charge in [-0.3, -0.25) is 0 Å². The first kappa shape index (κ1) is 33.2. The van der Waals surface area contributed by atoms with E-state index >= 15 is 0 Å². The summed E-state index contributed by atoms with van der Waals surface area (Å²) in [4.78, 5) is 25.1. The van der Waals surface area contributed by atoms with Gasteiger partial charge in [-0.05, 0) is 134 Å². The number of hydrogen-bond donors (Lipinski definition) is 1. The van der Waals surface area contributed by atoms with E-state index in [9.17, 15) is 14.7 Å². The van der Waals surface area contributed by atoms with Gasteiger partial charge in [0, 0.05) is 0 Å². The molecular weight excluding hydrogens is 572 g/mol. The number of carbonyl (C=O) groups excluding carboxylic acids is 2. The van der Waals surface area contributed by atoms with Crippen molar-refractivity contribution in [3.05, 3.63) is 71.8 Å². The lowest BCUT2D eigenvalue weighted by atomic mass is 9.44. The van der Waals surface area contributed by atoms with Crippen LogP contribution in [0.5, 0.6) is 0 Å². The monoisotopic (exact) mass is 628 g/mol. The molecule has 4 aliphatic rings. The first-order chi connectivity index (χ1) is 22.1. The van der Waals surface area contributed by atoms with E-state index in [2.05, 4.69) is 27.7 Å². The van der Waals surface area contributed by atoms with Crippen molar-refractivity contribution in [1.29, 1.82) is 0 Å². The molecule has 5 nitrogen and oxygen atoms in total. The van der Waals surface area contributed by atoms with Crippen molar-refractivity contribution in [2.24, 2.45) is 52.3 Å². The largest absolute Gasteiger partial charge is 0.462 e. The minimum absolute atomic E-state index is 0.0216. The summed E-state index contributed by atoms with van der Waals surface area (Å²) in [5, 5.41) is 11.6. The molecule has 46 heavy (non-hydrogen) atoms. The molecule has 5 heteroatoms. The zero-order valence-electron chi connectivity index (χ0n) is 28.5. The first-order valence-corrected chi connectivity index (χ1v) is 18.3. The summed E-state index contributed by atoms with van der Waals surface area (Å²) >= 11 is 0. The van der Waals surface area contributed by atoms with Gasteiger partial charge in [0.05, 0.1) is 23.8 Å². The van der Waals surface area contributed by atoms with Crippen LogP contribution in [0.2, 0.25) is 0 Å². The molecule has 1 N–H and O–H groups in total. The van der Waals surface area contributed by atoms with Crippen molar-refractivity contribution in [3.8, 4) is 0 Å². The van der Waals surface area contributed by atoms with E-state index in [0.29, 0.717) is 64.6 Å². The minimum Gasteiger partial charge on any atom is -0.462 e. The number of aliphatic hydroxyl groups excluding tert-OH is 1. The first-order valence-electron chi connectivity index (χ1n) is 18.3. The fraction of sp³-hybridized carbons (Fsp3) is 0.659. The molecule has 0 amide bonds. The predicted octanol–water partition coefficient (Wildman–Crippen LogP) is 9.14. The molecular formula is C41H56O5. The van der Waals surface area contributed by atoms with E-state index in [0.717, 1.165) is 44.9 Å². The van der Waals surface area contributed by atoms with Crippen LogP contribution in [0.25, 0.3) is 0 Å². The second-order valence-corrected chi connectivity index (χ2v) is 16.2. The predicted molar refractivity (Wildman–Crippen MR) is 181 cm³/mol. The number of rotatable bonds is 10. The van der Waals surface area contributed by atoms with Crippen molar-refractivity contribution in [3.63, 3.8) is 0 Å². The Bertz CT molecular complexity index is 1330. The fourth-order valence-corrected chi connectivity index (χ4v) is 11.1. The Kier molecular flexibility index (Phi) is 9.99. The van der Waals surface area contributed by atoms with E-state index in [1.54, 1.807) is 12.1 Å². The molecule has 0 aromatic heterocycles. The molecule has 250 valence electrons. The van der Waals surface area contributed by atoms with E-state index in [4.69, 9.17) is 9.47 Å². The molecule has 11 atom stereocenters. The maximum Gasteiger partial charge on any atom is 0.338 e. The lowest BCUT2D eigenvalue weighted by Gasteiger charge is -2.61. The number of ether oxygens (including phenoxy) is 2. The molecule has 0 radical (unpaired) electrons.